The van der Waals surface area contributed by atoms with E-state index in [-0.39, 0.29) is 11.8 Å². The van der Waals surface area contributed by atoms with Crippen molar-refractivity contribution in [2.24, 2.45) is 9.98 Å². The molecule has 0 atom stereocenters. The van der Waals surface area contributed by atoms with Gasteiger partial charge in [0.25, 0.3) is 11.8 Å². The summed E-state index contributed by atoms with van der Waals surface area (Å²) in [5.74, 6) is -0.750. The highest BCUT2D eigenvalue weighted by atomic mass is 16.2. The van der Waals surface area contributed by atoms with E-state index in [2.05, 4.69) is 9.98 Å². The molecule has 0 unspecified atom stereocenters. The van der Waals surface area contributed by atoms with E-state index in [1.807, 2.05) is 42.5 Å². The third-order valence-electron chi connectivity index (χ3n) is 3.91. The number of rotatable bonds is 4. The molecule has 0 radical (unpaired) electrons. The van der Waals surface area contributed by atoms with Gasteiger partial charge in [0, 0.05) is 16.7 Å². The Balaban J connectivity index is 2.00. The Morgan fingerprint density at radius 2 is 0.926 bits per heavy atom. The van der Waals surface area contributed by atoms with Crippen LogP contribution >= 0.6 is 0 Å². The summed E-state index contributed by atoms with van der Waals surface area (Å²) in [6.45, 7) is 1.69. The van der Waals surface area contributed by atoms with Crippen LogP contribution in [0.15, 0.2) is 101 Å². The second-order valence-electron chi connectivity index (χ2n) is 5.87. The van der Waals surface area contributed by atoms with Gasteiger partial charge in [0.15, 0.2) is 0 Å². The van der Waals surface area contributed by atoms with Gasteiger partial charge in [0.1, 0.15) is 0 Å². The summed E-state index contributed by atoms with van der Waals surface area (Å²) in [6.07, 6.45) is 0. The third kappa shape index (κ3) is 4.70. The molecule has 3 aromatic carbocycles. The number of aliphatic imine (C=N–C) groups is 2. The molecule has 0 fully saturated rings. The lowest BCUT2D eigenvalue weighted by Crippen LogP contribution is -2.16. The van der Waals surface area contributed by atoms with Gasteiger partial charge in [-0.2, -0.15) is 0 Å². The quantitative estimate of drug-likeness (QED) is 0.642. The summed E-state index contributed by atoms with van der Waals surface area (Å²) in [4.78, 5) is 33.4. The van der Waals surface area contributed by atoms with E-state index in [4.69, 9.17) is 0 Å². The van der Waals surface area contributed by atoms with Gasteiger partial charge in [-0.1, -0.05) is 66.7 Å². The summed E-state index contributed by atoms with van der Waals surface area (Å²) >= 11 is 0. The molecule has 0 heterocycles. The standard InChI is InChI=1S/C23H18N2O2/c1-17(24-22(26)19-13-7-3-8-14-19)21(18-11-5-2-6-12-18)25-23(27)20-15-9-4-10-16-20/h2-16H,1H3. The van der Waals surface area contributed by atoms with Crippen molar-refractivity contribution in [3.05, 3.63) is 108 Å². The number of hydrogen-bond donors (Lipinski definition) is 0. The first-order valence-corrected chi connectivity index (χ1v) is 8.53. The van der Waals surface area contributed by atoms with Crippen molar-refractivity contribution in [2.75, 3.05) is 0 Å². The minimum absolute atomic E-state index is 0.371. The summed E-state index contributed by atoms with van der Waals surface area (Å²) in [6, 6.07) is 26.9. The van der Waals surface area contributed by atoms with Gasteiger partial charge >= 0.3 is 0 Å². The lowest BCUT2D eigenvalue weighted by atomic mass is 10.1. The Kier molecular flexibility index (Phi) is 5.80. The SMILES string of the molecule is CC(=NC(=O)c1ccccc1)C(=NC(=O)c1ccccc1)c1ccccc1. The van der Waals surface area contributed by atoms with Crippen molar-refractivity contribution in [1.29, 1.82) is 0 Å². The molecule has 0 saturated heterocycles. The van der Waals surface area contributed by atoms with Crippen molar-refractivity contribution < 1.29 is 9.59 Å². The predicted octanol–water partition coefficient (Wildman–Crippen LogP) is 4.62. The fourth-order valence-electron chi connectivity index (χ4n) is 2.55. The fourth-order valence-corrected chi connectivity index (χ4v) is 2.55. The Labute approximate surface area is 157 Å². The molecule has 2 amide bonds. The topological polar surface area (TPSA) is 58.9 Å². The highest BCUT2D eigenvalue weighted by molar-refractivity contribution is 6.50. The van der Waals surface area contributed by atoms with Crippen LogP contribution in [0.3, 0.4) is 0 Å². The molecule has 4 heteroatoms. The largest absolute Gasteiger partial charge is 0.277 e. The van der Waals surface area contributed by atoms with E-state index in [9.17, 15) is 9.59 Å². The molecule has 4 nitrogen and oxygen atoms in total. The van der Waals surface area contributed by atoms with Gasteiger partial charge in [-0.25, -0.2) is 9.98 Å². The molecule has 3 rings (SSSR count). The van der Waals surface area contributed by atoms with Crippen LogP contribution < -0.4 is 0 Å². The van der Waals surface area contributed by atoms with Crippen LogP contribution in [0.4, 0.5) is 0 Å². The number of benzene rings is 3. The molecule has 132 valence electrons. The molecule has 0 aliphatic heterocycles. The molecule has 3 aromatic rings. The second-order valence-corrected chi connectivity index (χ2v) is 5.87. The molecule has 0 aromatic heterocycles. The van der Waals surface area contributed by atoms with Gasteiger partial charge in [0.2, 0.25) is 0 Å². The van der Waals surface area contributed by atoms with E-state index >= 15 is 0 Å². The molecule has 0 aliphatic carbocycles. The molecular formula is C23H18N2O2. The van der Waals surface area contributed by atoms with Crippen LogP contribution in [0, 0.1) is 0 Å². The summed E-state index contributed by atoms with van der Waals surface area (Å²) in [7, 11) is 0. The van der Waals surface area contributed by atoms with Crippen molar-refractivity contribution in [1.82, 2.24) is 0 Å². The number of carbonyl (C=O) groups is 2. The maximum Gasteiger partial charge on any atom is 0.277 e. The lowest BCUT2D eigenvalue weighted by molar-refractivity contribution is 0.0993. The second kappa shape index (κ2) is 8.63. The minimum Gasteiger partial charge on any atom is -0.267 e. The summed E-state index contributed by atoms with van der Waals surface area (Å²) in [5, 5.41) is 0. The third-order valence-corrected chi connectivity index (χ3v) is 3.91. The van der Waals surface area contributed by atoms with Gasteiger partial charge in [-0.05, 0) is 31.2 Å². The molecule has 27 heavy (non-hydrogen) atoms. The Morgan fingerprint density at radius 1 is 0.556 bits per heavy atom. The molecule has 0 saturated carbocycles. The van der Waals surface area contributed by atoms with Crippen LogP contribution in [0.2, 0.25) is 0 Å². The number of amides is 2. The maximum absolute atomic E-state index is 12.6. The average molecular weight is 354 g/mol. The van der Waals surface area contributed by atoms with Crippen molar-refractivity contribution in [2.45, 2.75) is 6.92 Å². The predicted molar refractivity (Wildman–Crippen MR) is 108 cm³/mol. The monoisotopic (exact) mass is 354 g/mol. The Bertz CT molecular complexity index is 992. The van der Waals surface area contributed by atoms with Gasteiger partial charge in [-0.3, -0.25) is 9.59 Å². The van der Waals surface area contributed by atoms with Crippen molar-refractivity contribution in [3.63, 3.8) is 0 Å². The van der Waals surface area contributed by atoms with Crippen LogP contribution in [0.1, 0.15) is 33.2 Å². The molecular weight excluding hydrogens is 336 g/mol. The van der Waals surface area contributed by atoms with E-state index in [0.717, 1.165) is 5.56 Å². The molecule has 0 N–H and O–H groups in total. The summed E-state index contributed by atoms with van der Waals surface area (Å²) < 4.78 is 0. The highest BCUT2D eigenvalue weighted by Crippen LogP contribution is 2.09. The Hall–Kier alpha value is -3.66. The van der Waals surface area contributed by atoms with Crippen molar-refractivity contribution in [3.8, 4) is 0 Å². The lowest BCUT2D eigenvalue weighted by Gasteiger charge is -2.07. The van der Waals surface area contributed by atoms with Gasteiger partial charge in [-0.15, -0.1) is 0 Å². The number of hydrogen-bond acceptors (Lipinski definition) is 2. The highest BCUT2D eigenvalue weighted by Gasteiger charge is 2.13. The first kappa shape index (κ1) is 18.1. The fraction of sp³-hybridized carbons (Fsp3) is 0.0435. The molecule has 0 spiro atoms. The molecule has 0 aliphatic rings. The van der Waals surface area contributed by atoms with Crippen LogP contribution in [0.25, 0.3) is 0 Å². The van der Waals surface area contributed by atoms with Gasteiger partial charge < -0.3 is 0 Å². The maximum atomic E-state index is 12.6. The molecule has 0 bridgehead atoms. The van der Waals surface area contributed by atoms with E-state index in [1.54, 1.807) is 55.5 Å². The Morgan fingerprint density at radius 3 is 1.37 bits per heavy atom. The van der Waals surface area contributed by atoms with Crippen LogP contribution in [0.5, 0.6) is 0 Å². The van der Waals surface area contributed by atoms with E-state index in [0.29, 0.717) is 22.6 Å². The number of nitrogens with zero attached hydrogens (tertiary/aromatic N) is 2. The normalized spacial score (nSPS) is 11.9. The first-order valence-electron chi connectivity index (χ1n) is 8.53. The average Bonchev–Trinajstić information content (AvgIpc) is 2.73. The van der Waals surface area contributed by atoms with Crippen molar-refractivity contribution >= 4 is 23.2 Å². The van der Waals surface area contributed by atoms with Crippen LogP contribution in [-0.2, 0) is 0 Å². The number of carbonyl (C=O) groups excluding carboxylic acids is 2. The van der Waals surface area contributed by atoms with E-state index < -0.39 is 0 Å². The summed E-state index contributed by atoms with van der Waals surface area (Å²) in [5.41, 5.74) is 2.46. The first-order chi connectivity index (χ1) is 13.1. The van der Waals surface area contributed by atoms with E-state index in [1.165, 1.54) is 0 Å². The zero-order valence-corrected chi connectivity index (χ0v) is 14.9. The zero-order valence-electron chi connectivity index (χ0n) is 14.9. The van der Waals surface area contributed by atoms with Crippen LogP contribution in [-0.4, -0.2) is 23.2 Å². The smallest absolute Gasteiger partial charge is 0.267 e. The van der Waals surface area contributed by atoms with Gasteiger partial charge in [0.05, 0.1) is 11.4 Å². The zero-order chi connectivity index (χ0) is 19.1. The minimum atomic E-state index is -0.379.